The Hall–Kier alpha value is -3.23. The maximum atomic E-state index is 13.2. The number of benzene rings is 2. The van der Waals surface area contributed by atoms with Gasteiger partial charge in [0.15, 0.2) is 11.6 Å². The summed E-state index contributed by atoms with van der Waals surface area (Å²) in [5.74, 6) is 0.899. The molecule has 9 heteroatoms. The molecular formula is C18H17F3N6. The van der Waals surface area contributed by atoms with E-state index in [0.29, 0.717) is 24.4 Å². The molecule has 0 saturated heterocycles. The minimum absolute atomic E-state index is 0.0473. The molecule has 6 nitrogen and oxygen atoms in total. The van der Waals surface area contributed by atoms with Crippen LogP contribution >= 0.6 is 0 Å². The lowest BCUT2D eigenvalue weighted by Gasteiger charge is -2.10. The number of hydrogen-bond donors (Lipinski definition) is 4. The highest BCUT2D eigenvalue weighted by atomic mass is 19.4. The summed E-state index contributed by atoms with van der Waals surface area (Å²) in [7, 11) is 0. The fraction of sp³-hybridized carbons (Fsp3) is 0.222. The van der Waals surface area contributed by atoms with Gasteiger partial charge < -0.3 is 10.6 Å². The second kappa shape index (κ2) is 6.49. The molecule has 0 spiro atoms. The minimum Gasteiger partial charge on any atom is -0.366 e. The number of alkyl halides is 3. The van der Waals surface area contributed by atoms with Crippen LogP contribution in [0, 0.1) is 6.92 Å². The second-order valence-corrected chi connectivity index (χ2v) is 6.22. The van der Waals surface area contributed by atoms with Gasteiger partial charge >= 0.3 is 6.18 Å². The van der Waals surface area contributed by atoms with Crippen LogP contribution in [0.1, 0.15) is 11.1 Å². The van der Waals surface area contributed by atoms with Crippen molar-refractivity contribution >= 4 is 33.4 Å². The molecule has 0 aliphatic rings. The Bertz CT molecular complexity index is 1100. The summed E-state index contributed by atoms with van der Waals surface area (Å²) in [5.41, 5.74) is 1.65. The van der Waals surface area contributed by atoms with Gasteiger partial charge in [-0.15, -0.1) is 0 Å². The van der Waals surface area contributed by atoms with Crippen LogP contribution in [0.15, 0.2) is 36.4 Å². The summed E-state index contributed by atoms with van der Waals surface area (Å²) < 4.78 is 39.7. The predicted octanol–water partition coefficient (Wildman–Crippen LogP) is 4.29. The Morgan fingerprint density at radius 3 is 2.04 bits per heavy atom. The molecule has 2 aromatic carbocycles. The first kappa shape index (κ1) is 17.2. The van der Waals surface area contributed by atoms with Crippen LogP contribution < -0.4 is 10.6 Å². The van der Waals surface area contributed by atoms with Crippen LogP contribution in [-0.4, -0.2) is 33.5 Å². The van der Waals surface area contributed by atoms with E-state index >= 15 is 0 Å². The SMILES string of the molecule is Cc1cccc2[nH]nc(NCCNc3n[nH]c4cccc(C(F)(F)F)c34)c12. The molecule has 140 valence electrons. The number of nitrogens with zero attached hydrogens (tertiary/aromatic N) is 2. The predicted molar refractivity (Wildman–Crippen MR) is 98.9 cm³/mol. The van der Waals surface area contributed by atoms with E-state index in [9.17, 15) is 13.2 Å². The third kappa shape index (κ3) is 3.16. The molecule has 0 aliphatic heterocycles. The van der Waals surface area contributed by atoms with E-state index in [1.54, 1.807) is 6.07 Å². The van der Waals surface area contributed by atoms with Crippen molar-refractivity contribution in [2.75, 3.05) is 23.7 Å². The van der Waals surface area contributed by atoms with Gasteiger partial charge in [0, 0.05) is 18.5 Å². The number of aromatic nitrogens is 4. The third-order valence-corrected chi connectivity index (χ3v) is 4.40. The molecule has 4 N–H and O–H groups in total. The number of aryl methyl sites for hydroxylation is 1. The zero-order valence-corrected chi connectivity index (χ0v) is 14.4. The number of aromatic amines is 2. The number of anilines is 2. The van der Waals surface area contributed by atoms with Crippen molar-refractivity contribution in [2.45, 2.75) is 13.1 Å². The fourth-order valence-corrected chi connectivity index (χ4v) is 3.17. The van der Waals surface area contributed by atoms with Crippen molar-refractivity contribution in [3.05, 3.63) is 47.5 Å². The van der Waals surface area contributed by atoms with E-state index in [-0.39, 0.29) is 11.2 Å². The summed E-state index contributed by atoms with van der Waals surface area (Å²) in [6.45, 7) is 2.85. The Kier molecular flexibility index (Phi) is 4.14. The summed E-state index contributed by atoms with van der Waals surface area (Å²) in [4.78, 5) is 0. The molecule has 2 aromatic heterocycles. The normalized spacial score (nSPS) is 12.0. The smallest absolute Gasteiger partial charge is 0.366 e. The van der Waals surface area contributed by atoms with E-state index < -0.39 is 11.7 Å². The van der Waals surface area contributed by atoms with Gasteiger partial charge in [0.05, 0.1) is 22.0 Å². The van der Waals surface area contributed by atoms with E-state index in [1.807, 2.05) is 25.1 Å². The number of rotatable bonds is 5. The van der Waals surface area contributed by atoms with Crippen molar-refractivity contribution in [3.8, 4) is 0 Å². The second-order valence-electron chi connectivity index (χ2n) is 6.22. The standard InChI is InChI=1S/C18H17F3N6/c1-10-4-2-6-12-14(10)16(26-24-12)22-8-9-23-17-15-11(18(19,20)21)5-3-7-13(15)25-27-17/h2-7H,8-9H2,1H3,(H2,22,24,26)(H2,23,25,27). The Morgan fingerprint density at radius 1 is 0.852 bits per heavy atom. The first-order valence-electron chi connectivity index (χ1n) is 8.41. The van der Waals surface area contributed by atoms with Gasteiger partial charge in [0.2, 0.25) is 0 Å². The molecule has 2 heterocycles. The average molecular weight is 374 g/mol. The van der Waals surface area contributed by atoms with Gasteiger partial charge in [0.25, 0.3) is 0 Å². The van der Waals surface area contributed by atoms with Gasteiger partial charge in [0.1, 0.15) is 0 Å². The number of halogens is 3. The van der Waals surface area contributed by atoms with Gasteiger partial charge in [-0.05, 0) is 30.7 Å². The largest absolute Gasteiger partial charge is 0.417 e. The Morgan fingerprint density at radius 2 is 1.41 bits per heavy atom. The molecule has 0 fully saturated rings. The van der Waals surface area contributed by atoms with Crippen molar-refractivity contribution in [3.63, 3.8) is 0 Å². The molecule has 0 radical (unpaired) electrons. The van der Waals surface area contributed by atoms with Crippen molar-refractivity contribution in [2.24, 2.45) is 0 Å². The lowest BCUT2D eigenvalue weighted by atomic mass is 10.1. The average Bonchev–Trinajstić information content (AvgIpc) is 3.23. The highest BCUT2D eigenvalue weighted by molar-refractivity contribution is 5.93. The number of nitrogens with one attached hydrogen (secondary N) is 4. The summed E-state index contributed by atoms with van der Waals surface area (Å²) in [5, 5.41) is 21.0. The molecule has 0 bridgehead atoms. The van der Waals surface area contributed by atoms with Gasteiger partial charge in [-0.2, -0.15) is 23.4 Å². The summed E-state index contributed by atoms with van der Waals surface area (Å²) in [6.07, 6.45) is -4.44. The monoisotopic (exact) mass is 374 g/mol. The van der Waals surface area contributed by atoms with E-state index in [4.69, 9.17) is 0 Å². The third-order valence-electron chi connectivity index (χ3n) is 4.40. The van der Waals surface area contributed by atoms with Crippen molar-refractivity contribution in [1.82, 2.24) is 20.4 Å². The zero-order valence-electron chi connectivity index (χ0n) is 14.4. The van der Waals surface area contributed by atoms with Crippen LogP contribution in [0.4, 0.5) is 24.8 Å². The number of hydrogen-bond acceptors (Lipinski definition) is 4. The van der Waals surface area contributed by atoms with E-state index in [1.165, 1.54) is 6.07 Å². The van der Waals surface area contributed by atoms with Crippen LogP contribution in [0.5, 0.6) is 0 Å². The first-order valence-corrected chi connectivity index (χ1v) is 8.41. The number of H-pyrrole nitrogens is 2. The molecule has 4 rings (SSSR count). The molecule has 0 aliphatic carbocycles. The summed E-state index contributed by atoms with van der Waals surface area (Å²) in [6, 6.07) is 9.87. The van der Waals surface area contributed by atoms with Crippen LogP contribution in [0.3, 0.4) is 0 Å². The molecule has 4 aromatic rings. The highest BCUT2D eigenvalue weighted by Crippen LogP contribution is 2.37. The lowest BCUT2D eigenvalue weighted by molar-refractivity contribution is -0.136. The van der Waals surface area contributed by atoms with E-state index in [0.717, 1.165) is 22.5 Å². The quantitative estimate of drug-likeness (QED) is 0.393. The molecular weight excluding hydrogens is 357 g/mol. The number of fused-ring (bicyclic) bond motifs is 2. The van der Waals surface area contributed by atoms with Gasteiger partial charge in [-0.3, -0.25) is 10.2 Å². The zero-order chi connectivity index (χ0) is 19.0. The lowest BCUT2D eigenvalue weighted by Crippen LogP contribution is -2.15. The molecule has 0 unspecified atom stereocenters. The van der Waals surface area contributed by atoms with Crippen LogP contribution in [-0.2, 0) is 6.18 Å². The fourth-order valence-electron chi connectivity index (χ4n) is 3.17. The minimum atomic E-state index is -4.44. The van der Waals surface area contributed by atoms with Gasteiger partial charge in [-0.1, -0.05) is 18.2 Å². The van der Waals surface area contributed by atoms with Crippen LogP contribution in [0.2, 0.25) is 0 Å². The molecule has 27 heavy (non-hydrogen) atoms. The molecule has 0 amide bonds. The topological polar surface area (TPSA) is 81.4 Å². The Labute approximate surface area is 152 Å². The highest BCUT2D eigenvalue weighted by Gasteiger charge is 2.34. The van der Waals surface area contributed by atoms with Gasteiger partial charge in [-0.25, -0.2) is 0 Å². The van der Waals surface area contributed by atoms with Crippen LogP contribution in [0.25, 0.3) is 21.8 Å². The maximum Gasteiger partial charge on any atom is 0.417 e. The molecule has 0 atom stereocenters. The van der Waals surface area contributed by atoms with Crippen molar-refractivity contribution in [1.29, 1.82) is 0 Å². The first-order chi connectivity index (χ1) is 12.9. The summed E-state index contributed by atoms with van der Waals surface area (Å²) >= 11 is 0. The maximum absolute atomic E-state index is 13.2. The molecule has 0 saturated carbocycles. The van der Waals surface area contributed by atoms with E-state index in [2.05, 4.69) is 31.0 Å². The Balaban J connectivity index is 1.48. The van der Waals surface area contributed by atoms with Crippen molar-refractivity contribution < 1.29 is 13.2 Å².